The molecular weight excluding hydrogens is 324 g/mol. The Hall–Kier alpha value is -1.84. The van der Waals surface area contributed by atoms with Gasteiger partial charge in [0.25, 0.3) is 0 Å². The molecule has 1 aromatic carbocycles. The predicted octanol–water partition coefficient (Wildman–Crippen LogP) is 3.33. The summed E-state index contributed by atoms with van der Waals surface area (Å²) in [5.74, 6) is 2.49. The highest BCUT2D eigenvalue weighted by atomic mass is 16.2. The molecule has 4 nitrogen and oxygen atoms in total. The lowest BCUT2D eigenvalue weighted by Crippen LogP contribution is -2.48. The quantitative estimate of drug-likeness (QED) is 0.823. The zero-order chi connectivity index (χ0) is 18.1. The summed E-state index contributed by atoms with van der Waals surface area (Å²) in [6.45, 7) is 2.63. The Morgan fingerprint density at radius 3 is 2.08 bits per heavy atom. The molecule has 140 valence electrons. The lowest BCUT2D eigenvalue weighted by molar-refractivity contribution is -0.131. The van der Waals surface area contributed by atoms with Crippen molar-refractivity contribution in [2.45, 2.75) is 58.4 Å². The van der Waals surface area contributed by atoms with Gasteiger partial charge in [0, 0.05) is 13.0 Å². The molecule has 2 amide bonds. The highest BCUT2D eigenvalue weighted by Crippen LogP contribution is 2.61. The fourth-order valence-corrected chi connectivity index (χ4v) is 6.06. The second kappa shape index (κ2) is 7.05. The first kappa shape index (κ1) is 17.6. The van der Waals surface area contributed by atoms with E-state index in [-0.39, 0.29) is 23.8 Å². The van der Waals surface area contributed by atoms with Crippen molar-refractivity contribution in [3.05, 3.63) is 35.4 Å². The van der Waals surface area contributed by atoms with Crippen molar-refractivity contribution in [1.82, 2.24) is 10.6 Å². The van der Waals surface area contributed by atoms with Crippen LogP contribution in [0.4, 0.5) is 0 Å². The number of hydrogen-bond donors (Lipinski definition) is 2. The van der Waals surface area contributed by atoms with E-state index in [4.69, 9.17) is 0 Å². The molecule has 0 aliphatic heterocycles. The summed E-state index contributed by atoms with van der Waals surface area (Å²) in [6, 6.07) is 8.10. The van der Waals surface area contributed by atoms with Crippen molar-refractivity contribution in [2.75, 3.05) is 6.54 Å². The summed E-state index contributed by atoms with van der Waals surface area (Å²) in [5, 5.41) is 5.73. The van der Waals surface area contributed by atoms with Gasteiger partial charge in [0.2, 0.25) is 11.8 Å². The standard InChI is InChI=1S/C22H30N2O2/c1-15-2-4-16(5-3-15)13-23-21(26)14-24-20(25)12-22-9-17-6-18(10-22)8-19(7-17)11-22/h2-5,17-19H,6-14H2,1H3,(H,23,26)(H,24,25). The van der Waals surface area contributed by atoms with Crippen LogP contribution in [0.5, 0.6) is 0 Å². The van der Waals surface area contributed by atoms with Gasteiger partial charge in [-0.15, -0.1) is 0 Å². The molecule has 0 heterocycles. The van der Waals surface area contributed by atoms with Crippen LogP contribution in [0.2, 0.25) is 0 Å². The molecule has 0 unspecified atom stereocenters. The van der Waals surface area contributed by atoms with Gasteiger partial charge in [-0.3, -0.25) is 9.59 Å². The van der Waals surface area contributed by atoms with Gasteiger partial charge in [0.15, 0.2) is 0 Å². The van der Waals surface area contributed by atoms with Crippen LogP contribution >= 0.6 is 0 Å². The topological polar surface area (TPSA) is 58.2 Å². The number of aryl methyl sites for hydroxylation is 1. The van der Waals surface area contributed by atoms with Crippen molar-refractivity contribution >= 4 is 11.8 Å². The summed E-state index contributed by atoms with van der Waals surface area (Å²) in [6.07, 6.45) is 8.47. The van der Waals surface area contributed by atoms with Crippen molar-refractivity contribution in [3.63, 3.8) is 0 Å². The lowest BCUT2D eigenvalue weighted by atomic mass is 9.49. The van der Waals surface area contributed by atoms with Crippen LogP contribution in [-0.4, -0.2) is 18.4 Å². The third-order valence-corrected chi connectivity index (χ3v) is 6.76. The zero-order valence-corrected chi connectivity index (χ0v) is 15.7. The maximum atomic E-state index is 12.5. The van der Waals surface area contributed by atoms with E-state index in [1.807, 2.05) is 31.2 Å². The molecule has 0 spiro atoms. The minimum Gasteiger partial charge on any atom is -0.350 e. The van der Waals surface area contributed by atoms with Gasteiger partial charge < -0.3 is 10.6 Å². The minimum absolute atomic E-state index is 0.0532. The van der Waals surface area contributed by atoms with E-state index in [0.29, 0.717) is 13.0 Å². The molecule has 4 aliphatic rings. The molecule has 0 atom stereocenters. The summed E-state index contributed by atoms with van der Waals surface area (Å²) in [4.78, 5) is 24.5. The maximum absolute atomic E-state index is 12.5. The molecule has 4 saturated carbocycles. The molecule has 4 aliphatic carbocycles. The second-order valence-electron chi connectivity index (χ2n) is 9.13. The van der Waals surface area contributed by atoms with E-state index < -0.39 is 0 Å². The van der Waals surface area contributed by atoms with E-state index in [1.54, 1.807) is 0 Å². The van der Waals surface area contributed by atoms with E-state index in [1.165, 1.54) is 44.1 Å². The first-order chi connectivity index (χ1) is 12.5. The average Bonchev–Trinajstić information content (AvgIpc) is 2.58. The summed E-state index contributed by atoms with van der Waals surface area (Å²) >= 11 is 0. The molecule has 26 heavy (non-hydrogen) atoms. The number of carbonyl (C=O) groups is 2. The molecule has 2 N–H and O–H groups in total. The normalized spacial score (nSPS) is 31.7. The number of amides is 2. The smallest absolute Gasteiger partial charge is 0.239 e. The fourth-order valence-electron chi connectivity index (χ4n) is 6.06. The van der Waals surface area contributed by atoms with E-state index >= 15 is 0 Å². The monoisotopic (exact) mass is 354 g/mol. The van der Waals surface area contributed by atoms with Crippen LogP contribution in [-0.2, 0) is 16.1 Å². The Labute approximate surface area is 156 Å². The fraction of sp³-hybridized carbons (Fsp3) is 0.636. The SMILES string of the molecule is Cc1ccc(CNC(=O)CNC(=O)CC23CC4CC(CC(C4)C2)C3)cc1. The molecule has 5 rings (SSSR count). The summed E-state index contributed by atoms with van der Waals surface area (Å²) in [5.41, 5.74) is 2.51. The zero-order valence-electron chi connectivity index (χ0n) is 15.7. The van der Waals surface area contributed by atoms with Crippen LogP contribution < -0.4 is 10.6 Å². The first-order valence-electron chi connectivity index (χ1n) is 10.1. The third-order valence-electron chi connectivity index (χ3n) is 6.76. The van der Waals surface area contributed by atoms with Crippen LogP contribution in [0.25, 0.3) is 0 Å². The van der Waals surface area contributed by atoms with Crippen LogP contribution in [0.3, 0.4) is 0 Å². The summed E-state index contributed by atoms with van der Waals surface area (Å²) < 4.78 is 0. The number of nitrogens with one attached hydrogen (secondary N) is 2. The molecule has 4 bridgehead atoms. The third kappa shape index (κ3) is 3.94. The lowest BCUT2D eigenvalue weighted by Gasteiger charge is -2.56. The average molecular weight is 354 g/mol. The van der Waals surface area contributed by atoms with Gasteiger partial charge in [0.1, 0.15) is 0 Å². The Kier molecular flexibility index (Phi) is 4.76. The molecule has 0 saturated heterocycles. The molecular formula is C22H30N2O2. The van der Waals surface area contributed by atoms with Crippen LogP contribution in [0.15, 0.2) is 24.3 Å². The van der Waals surface area contributed by atoms with Gasteiger partial charge in [-0.05, 0) is 74.2 Å². The number of benzene rings is 1. The van der Waals surface area contributed by atoms with E-state index in [2.05, 4.69) is 10.6 Å². The van der Waals surface area contributed by atoms with Gasteiger partial charge in [-0.25, -0.2) is 0 Å². The molecule has 4 heteroatoms. The van der Waals surface area contributed by atoms with Crippen molar-refractivity contribution < 1.29 is 9.59 Å². The van der Waals surface area contributed by atoms with Gasteiger partial charge in [0.05, 0.1) is 6.54 Å². The number of carbonyl (C=O) groups excluding carboxylic acids is 2. The highest BCUT2D eigenvalue weighted by molar-refractivity contribution is 5.84. The van der Waals surface area contributed by atoms with Crippen LogP contribution in [0, 0.1) is 30.1 Å². The van der Waals surface area contributed by atoms with Gasteiger partial charge in [-0.2, -0.15) is 0 Å². The first-order valence-corrected chi connectivity index (χ1v) is 10.1. The number of hydrogen-bond acceptors (Lipinski definition) is 2. The second-order valence-corrected chi connectivity index (χ2v) is 9.13. The van der Waals surface area contributed by atoms with E-state index in [0.717, 1.165) is 23.3 Å². The Balaban J connectivity index is 1.21. The predicted molar refractivity (Wildman–Crippen MR) is 101 cm³/mol. The largest absolute Gasteiger partial charge is 0.350 e. The Bertz CT molecular complexity index is 645. The Morgan fingerprint density at radius 2 is 1.50 bits per heavy atom. The number of rotatable bonds is 6. The van der Waals surface area contributed by atoms with Gasteiger partial charge in [-0.1, -0.05) is 29.8 Å². The van der Waals surface area contributed by atoms with Gasteiger partial charge >= 0.3 is 0 Å². The van der Waals surface area contributed by atoms with E-state index in [9.17, 15) is 9.59 Å². The molecule has 1 aromatic rings. The molecule has 0 radical (unpaired) electrons. The summed E-state index contributed by atoms with van der Waals surface area (Å²) in [7, 11) is 0. The highest BCUT2D eigenvalue weighted by Gasteiger charge is 2.51. The van der Waals surface area contributed by atoms with Crippen molar-refractivity contribution in [1.29, 1.82) is 0 Å². The minimum atomic E-state index is -0.121. The van der Waals surface area contributed by atoms with Crippen LogP contribution in [0.1, 0.15) is 56.1 Å². The molecule has 0 aromatic heterocycles. The van der Waals surface area contributed by atoms with Crippen molar-refractivity contribution in [2.24, 2.45) is 23.2 Å². The maximum Gasteiger partial charge on any atom is 0.239 e. The molecule has 4 fully saturated rings. The van der Waals surface area contributed by atoms with Crippen molar-refractivity contribution in [3.8, 4) is 0 Å². The Morgan fingerprint density at radius 1 is 0.923 bits per heavy atom.